The Morgan fingerprint density at radius 2 is 1.96 bits per heavy atom. The molecule has 0 bridgehead atoms. The van der Waals surface area contributed by atoms with E-state index in [-0.39, 0.29) is 37.2 Å². The number of nitrogens with zero attached hydrogens (tertiary/aromatic N) is 2. The Labute approximate surface area is 157 Å². The molecule has 0 aliphatic carbocycles. The second-order valence-electron chi connectivity index (χ2n) is 6.19. The van der Waals surface area contributed by atoms with Crippen LogP contribution in [0, 0.1) is 5.41 Å². The van der Waals surface area contributed by atoms with Crippen LogP contribution in [0.5, 0.6) is 0 Å². The van der Waals surface area contributed by atoms with Crippen molar-refractivity contribution in [1.82, 2.24) is 9.80 Å². The van der Waals surface area contributed by atoms with Crippen LogP contribution in [0.2, 0.25) is 0 Å². The number of amides is 2. The predicted octanol–water partition coefficient (Wildman–Crippen LogP) is 0.00657. The minimum atomic E-state index is -0.408. The average Bonchev–Trinajstić information content (AvgIpc) is 2.62. The van der Waals surface area contributed by atoms with Crippen LogP contribution < -0.4 is 11.1 Å². The fraction of sp³-hybridized carbons (Fsp3) is 0.444. The van der Waals surface area contributed by atoms with Crippen molar-refractivity contribution in [3.8, 4) is 0 Å². The van der Waals surface area contributed by atoms with Crippen LogP contribution in [0.4, 0.5) is 5.69 Å². The first-order valence-electron chi connectivity index (χ1n) is 8.79. The van der Waals surface area contributed by atoms with Gasteiger partial charge >= 0.3 is 5.97 Å². The number of carbonyl (C=O) groups excluding carboxylic acids is 3. The number of esters is 1. The van der Waals surface area contributed by atoms with Crippen molar-refractivity contribution in [2.75, 3.05) is 44.6 Å². The maximum atomic E-state index is 12.1. The van der Waals surface area contributed by atoms with Crippen molar-refractivity contribution in [1.29, 1.82) is 5.41 Å². The summed E-state index contributed by atoms with van der Waals surface area (Å²) in [6.45, 7) is 3.66. The van der Waals surface area contributed by atoms with Crippen LogP contribution in [0.1, 0.15) is 18.9 Å². The third-order valence-electron chi connectivity index (χ3n) is 4.16. The van der Waals surface area contributed by atoms with Crippen molar-refractivity contribution < 1.29 is 19.1 Å². The Kier molecular flexibility index (Phi) is 7.30. The van der Waals surface area contributed by atoms with E-state index in [4.69, 9.17) is 15.9 Å². The lowest BCUT2D eigenvalue weighted by atomic mass is 10.2. The summed E-state index contributed by atoms with van der Waals surface area (Å²) in [5, 5.41) is 10.1. The summed E-state index contributed by atoms with van der Waals surface area (Å²) in [6, 6.07) is 6.71. The molecule has 1 aliphatic rings. The zero-order valence-corrected chi connectivity index (χ0v) is 15.4. The molecular formula is C18H25N5O4. The van der Waals surface area contributed by atoms with Crippen LogP contribution >= 0.6 is 0 Å². The number of anilines is 1. The minimum absolute atomic E-state index is 0.0281. The summed E-state index contributed by atoms with van der Waals surface area (Å²) in [4.78, 5) is 39.0. The number of ether oxygens (including phenoxy) is 1. The van der Waals surface area contributed by atoms with Crippen molar-refractivity contribution in [2.45, 2.75) is 13.3 Å². The van der Waals surface area contributed by atoms with Gasteiger partial charge < -0.3 is 20.7 Å². The molecule has 0 saturated carbocycles. The van der Waals surface area contributed by atoms with E-state index >= 15 is 0 Å². The highest BCUT2D eigenvalue weighted by Crippen LogP contribution is 2.10. The Morgan fingerprint density at radius 3 is 2.56 bits per heavy atom. The Morgan fingerprint density at radius 1 is 1.26 bits per heavy atom. The molecule has 1 aliphatic heterocycles. The Bertz CT molecular complexity index is 704. The molecule has 9 heteroatoms. The summed E-state index contributed by atoms with van der Waals surface area (Å²) in [7, 11) is 0. The molecule has 0 spiro atoms. The van der Waals surface area contributed by atoms with Gasteiger partial charge in [0.25, 0.3) is 0 Å². The lowest BCUT2D eigenvalue weighted by Gasteiger charge is -2.33. The van der Waals surface area contributed by atoms with Gasteiger partial charge in [-0.2, -0.15) is 0 Å². The van der Waals surface area contributed by atoms with E-state index in [0.717, 1.165) is 0 Å². The van der Waals surface area contributed by atoms with Crippen LogP contribution in [0.15, 0.2) is 24.3 Å². The molecule has 9 nitrogen and oxygen atoms in total. The number of rotatable bonds is 8. The molecular weight excluding hydrogens is 350 g/mol. The predicted molar refractivity (Wildman–Crippen MR) is 100 cm³/mol. The molecule has 0 unspecified atom stereocenters. The van der Waals surface area contributed by atoms with Crippen LogP contribution in [-0.2, 0) is 19.1 Å². The molecule has 2 rings (SSSR count). The monoisotopic (exact) mass is 375 g/mol. The standard InChI is InChI=1S/C18H25N5O4/c1-2-27-17(26)12-23-10-9-22(11-16(23)25)8-7-15(24)21-14-5-3-13(4-6-14)18(19)20/h3-6H,2,7-12H2,1H3,(H3,19,20)(H,21,24). The molecule has 27 heavy (non-hydrogen) atoms. The number of nitrogens with one attached hydrogen (secondary N) is 2. The molecule has 0 aromatic heterocycles. The second kappa shape index (κ2) is 9.67. The van der Waals surface area contributed by atoms with Gasteiger partial charge in [0.2, 0.25) is 11.8 Å². The maximum absolute atomic E-state index is 12.1. The number of carbonyl (C=O) groups is 3. The first kappa shape index (κ1) is 20.4. The van der Waals surface area contributed by atoms with E-state index in [9.17, 15) is 14.4 Å². The van der Waals surface area contributed by atoms with Crippen molar-refractivity contribution >= 4 is 29.3 Å². The summed E-state index contributed by atoms with van der Waals surface area (Å²) in [5.74, 6) is -0.740. The minimum Gasteiger partial charge on any atom is -0.465 e. The maximum Gasteiger partial charge on any atom is 0.325 e. The summed E-state index contributed by atoms with van der Waals surface area (Å²) in [5.41, 5.74) is 6.61. The number of nitrogens with two attached hydrogens (primary N) is 1. The van der Waals surface area contributed by atoms with Crippen molar-refractivity contribution in [3.63, 3.8) is 0 Å². The number of hydrogen-bond acceptors (Lipinski definition) is 6. The largest absolute Gasteiger partial charge is 0.465 e. The Hall–Kier alpha value is -2.94. The quantitative estimate of drug-likeness (QED) is 0.333. The van der Waals surface area contributed by atoms with E-state index in [1.54, 1.807) is 31.2 Å². The van der Waals surface area contributed by atoms with E-state index in [1.807, 2.05) is 4.90 Å². The summed E-state index contributed by atoms with van der Waals surface area (Å²) >= 11 is 0. The SMILES string of the molecule is CCOC(=O)CN1CCN(CCC(=O)Nc2ccc(C(=N)N)cc2)CC1=O. The van der Waals surface area contributed by atoms with Gasteiger partial charge in [0.05, 0.1) is 13.2 Å². The van der Waals surface area contributed by atoms with Gasteiger partial charge in [0.1, 0.15) is 12.4 Å². The number of nitrogen functional groups attached to an aromatic ring is 1. The number of amidine groups is 1. The van der Waals surface area contributed by atoms with E-state index in [0.29, 0.717) is 37.5 Å². The van der Waals surface area contributed by atoms with Crippen LogP contribution in [0.3, 0.4) is 0 Å². The van der Waals surface area contributed by atoms with E-state index in [1.165, 1.54) is 4.90 Å². The zero-order valence-electron chi connectivity index (χ0n) is 15.4. The van der Waals surface area contributed by atoms with Gasteiger partial charge in [-0.25, -0.2) is 0 Å². The molecule has 0 atom stereocenters. The molecule has 1 fully saturated rings. The lowest BCUT2D eigenvalue weighted by molar-refractivity contribution is -0.151. The normalized spacial score (nSPS) is 14.7. The summed E-state index contributed by atoms with van der Waals surface area (Å²) < 4.78 is 4.86. The molecule has 2 amide bonds. The van der Waals surface area contributed by atoms with Crippen molar-refractivity contribution in [2.24, 2.45) is 5.73 Å². The topological polar surface area (TPSA) is 129 Å². The molecule has 1 aromatic rings. The van der Waals surface area contributed by atoms with Gasteiger partial charge in [-0.15, -0.1) is 0 Å². The van der Waals surface area contributed by atoms with Crippen LogP contribution in [-0.4, -0.2) is 72.7 Å². The second-order valence-corrected chi connectivity index (χ2v) is 6.19. The van der Waals surface area contributed by atoms with Crippen molar-refractivity contribution in [3.05, 3.63) is 29.8 Å². The van der Waals surface area contributed by atoms with E-state index < -0.39 is 5.97 Å². The first-order chi connectivity index (χ1) is 12.9. The zero-order chi connectivity index (χ0) is 19.8. The molecule has 1 heterocycles. The fourth-order valence-electron chi connectivity index (χ4n) is 2.69. The smallest absolute Gasteiger partial charge is 0.325 e. The third kappa shape index (κ3) is 6.37. The molecule has 1 saturated heterocycles. The van der Waals surface area contributed by atoms with Gasteiger partial charge in [0.15, 0.2) is 0 Å². The highest BCUT2D eigenvalue weighted by atomic mass is 16.5. The molecule has 4 N–H and O–H groups in total. The van der Waals surface area contributed by atoms with Gasteiger partial charge in [0, 0.05) is 37.3 Å². The average molecular weight is 375 g/mol. The highest BCUT2D eigenvalue weighted by molar-refractivity contribution is 5.96. The fourth-order valence-corrected chi connectivity index (χ4v) is 2.69. The Balaban J connectivity index is 1.73. The van der Waals surface area contributed by atoms with Gasteiger partial charge in [-0.1, -0.05) is 0 Å². The summed E-state index contributed by atoms with van der Waals surface area (Å²) in [6.07, 6.45) is 0.250. The third-order valence-corrected chi connectivity index (χ3v) is 4.16. The number of benzene rings is 1. The van der Waals surface area contributed by atoms with Gasteiger partial charge in [-0.3, -0.25) is 24.7 Å². The van der Waals surface area contributed by atoms with Crippen LogP contribution in [0.25, 0.3) is 0 Å². The molecule has 146 valence electrons. The number of piperazine rings is 1. The first-order valence-corrected chi connectivity index (χ1v) is 8.79. The molecule has 0 radical (unpaired) electrons. The van der Waals surface area contributed by atoms with E-state index in [2.05, 4.69) is 5.32 Å². The number of hydrogen-bond donors (Lipinski definition) is 3. The molecule has 1 aromatic carbocycles. The highest BCUT2D eigenvalue weighted by Gasteiger charge is 2.26. The lowest BCUT2D eigenvalue weighted by Crippen LogP contribution is -2.52. The van der Waals surface area contributed by atoms with Gasteiger partial charge in [-0.05, 0) is 31.2 Å².